The first-order valence-corrected chi connectivity index (χ1v) is 17.3. The average molecular weight is 812 g/mol. The molecule has 2 saturated heterocycles. The molecule has 54 heavy (non-hydrogen) atoms. The van der Waals surface area contributed by atoms with E-state index < -0.39 is 98.2 Å². The summed E-state index contributed by atoms with van der Waals surface area (Å²) in [5.74, 6) is -22.0. The van der Waals surface area contributed by atoms with Crippen LogP contribution in [-0.4, -0.2) is 52.7 Å². The molecule has 2 aliphatic carbocycles. The van der Waals surface area contributed by atoms with Gasteiger partial charge in [-0.1, -0.05) is 41.5 Å². The summed E-state index contributed by atoms with van der Waals surface area (Å²) in [4.78, 5) is 52.2. The number of methoxy groups -OCH3 is 2. The molecule has 4 amide bonds. The minimum Gasteiger partial charge on any atom is -0.502 e. The van der Waals surface area contributed by atoms with Crippen LogP contribution in [0.4, 0.5) is 33.3 Å². The van der Waals surface area contributed by atoms with Crippen molar-refractivity contribution in [3.63, 3.8) is 0 Å². The second kappa shape index (κ2) is 13.0. The van der Waals surface area contributed by atoms with Gasteiger partial charge in [0.15, 0.2) is 44.5 Å². The van der Waals surface area contributed by atoms with Crippen molar-refractivity contribution in [3.05, 3.63) is 93.3 Å². The summed E-state index contributed by atoms with van der Waals surface area (Å²) < 4.78 is 84.0. The van der Waals surface area contributed by atoms with Crippen molar-refractivity contribution >= 4 is 75.9 Å². The summed E-state index contributed by atoms with van der Waals surface area (Å²) >= 11 is 20.6. The lowest BCUT2D eigenvalue weighted by molar-refractivity contribution is -0.125. The number of aromatic hydroxyl groups is 1. The number of phenols is 1. The Bertz CT molecular complexity index is 2230. The number of rotatable bonds is 6. The first-order valence-electron chi connectivity index (χ1n) is 16.2. The van der Waals surface area contributed by atoms with Crippen molar-refractivity contribution in [1.82, 2.24) is 0 Å². The van der Waals surface area contributed by atoms with E-state index >= 15 is 8.78 Å². The zero-order valence-electron chi connectivity index (χ0n) is 28.2. The van der Waals surface area contributed by atoms with Crippen LogP contribution < -0.4 is 19.3 Å². The Labute approximate surface area is 318 Å². The largest absolute Gasteiger partial charge is 0.502 e. The van der Waals surface area contributed by atoms with Gasteiger partial charge in [-0.05, 0) is 61.1 Å². The second-order valence-corrected chi connectivity index (χ2v) is 15.0. The highest BCUT2D eigenvalue weighted by molar-refractivity contribution is 6.58. The highest BCUT2D eigenvalue weighted by Crippen LogP contribution is 2.64. The summed E-state index contributed by atoms with van der Waals surface area (Å²) in [6, 6.07) is 7.34. The van der Waals surface area contributed by atoms with Crippen LogP contribution >= 0.6 is 34.8 Å². The maximum atomic E-state index is 15.3. The van der Waals surface area contributed by atoms with Gasteiger partial charge in [0.1, 0.15) is 5.69 Å². The normalized spacial score (nSPS) is 27.7. The average Bonchev–Trinajstić information content (AvgIpc) is 3.49. The number of amides is 4. The molecule has 17 heteroatoms. The number of halogens is 8. The van der Waals surface area contributed by atoms with Crippen LogP contribution in [0.25, 0.3) is 6.08 Å². The van der Waals surface area contributed by atoms with Crippen LogP contribution in [-0.2, 0) is 19.2 Å². The van der Waals surface area contributed by atoms with Crippen LogP contribution in [0, 0.1) is 59.7 Å². The molecular weight excluding hydrogens is 786 g/mol. The third kappa shape index (κ3) is 5.02. The van der Waals surface area contributed by atoms with E-state index in [9.17, 15) is 37.5 Å². The van der Waals surface area contributed by atoms with Crippen molar-refractivity contribution in [2.24, 2.45) is 23.7 Å². The predicted molar refractivity (Wildman–Crippen MR) is 186 cm³/mol. The third-order valence-electron chi connectivity index (χ3n) is 10.7. The summed E-state index contributed by atoms with van der Waals surface area (Å²) in [7, 11) is 2.55. The van der Waals surface area contributed by atoms with Crippen LogP contribution in [0.3, 0.4) is 0 Å². The minimum absolute atomic E-state index is 0.0292. The van der Waals surface area contributed by atoms with Crippen LogP contribution in [0.15, 0.2) is 48.1 Å². The quantitative estimate of drug-likeness (QED) is 0.0691. The Morgan fingerprint density at radius 3 is 2.00 bits per heavy atom. The Kier molecular flexibility index (Phi) is 9.05. The number of anilines is 2. The van der Waals surface area contributed by atoms with Crippen molar-refractivity contribution in [3.8, 4) is 17.2 Å². The van der Waals surface area contributed by atoms with Gasteiger partial charge in [0.2, 0.25) is 23.4 Å². The zero-order valence-corrected chi connectivity index (χ0v) is 30.4. The van der Waals surface area contributed by atoms with Crippen LogP contribution in [0.2, 0.25) is 5.02 Å². The van der Waals surface area contributed by atoms with Gasteiger partial charge in [-0.15, -0.1) is 23.2 Å². The number of carbonyl (C=O) groups is 4. The number of benzene rings is 3. The molecule has 2 aliphatic heterocycles. The lowest BCUT2D eigenvalue weighted by atomic mass is 9.57. The lowest BCUT2D eigenvalue weighted by Gasteiger charge is -2.49. The van der Waals surface area contributed by atoms with Gasteiger partial charge < -0.3 is 14.6 Å². The Balaban J connectivity index is 1.41. The Morgan fingerprint density at radius 2 is 1.43 bits per heavy atom. The lowest BCUT2D eigenvalue weighted by Crippen LogP contribution is -2.60. The smallest absolute Gasteiger partial charge is 0.258 e. The highest BCUT2D eigenvalue weighted by Gasteiger charge is 2.76. The summed E-state index contributed by atoms with van der Waals surface area (Å²) in [6.07, 6.45) is 3.56. The summed E-state index contributed by atoms with van der Waals surface area (Å²) in [5.41, 5.74) is -0.494. The van der Waals surface area contributed by atoms with Crippen molar-refractivity contribution in [2.45, 2.75) is 29.5 Å². The summed E-state index contributed by atoms with van der Waals surface area (Å²) in [5, 5.41) is 10.7. The van der Waals surface area contributed by atoms with E-state index in [1.807, 2.05) is 0 Å². The molecule has 4 aliphatic rings. The molecule has 282 valence electrons. The Hall–Kier alpha value is -4.66. The highest BCUT2D eigenvalue weighted by atomic mass is 35.5. The molecule has 7 rings (SSSR count). The van der Waals surface area contributed by atoms with E-state index in [1.165, 1.54) is 50.6 Å². The number of phenolic OH excluding ortho intramolecular Hbond substituents is 1. The molecule has 6 unspecified atom stereocenters. The van der Waals surface area contributed by atoms with Gasteiger partial charge in [-0.2, -0.15) is 0 Å². The van der Waals surface area contributed by atoms with Crippen molar-refractivity contribution in [1.29, 1.82) is 0 Å². The number of fused-ring (bicyclic) bond motifs is 4. The number of ether oxygens (including phenoxy) is 2. The number of hydrogen-bond donors (Lipinski definition) is 1. The van der Waals surface area contributed by atoms with E-state index in [0.29, 0.717) is 5.56 Å². The van der Waals surface area contributed by atoms with Crippen molar-refractivity contribution in [2.75, 3.05) is 24.0 Å². The van der Waals surface area contributed by atoms with Gasteiger partial charge in [0.25, 0.3) is 11.8 Å². The van der Waals surface area contributed by atoms with E-state index in [4.69, 9.17) is 44.3 Å². The molecule has 2 heterocycles. The Morgan fingerprint density at radius 1 is 0.833 bits per heavy atom. The van der Waals surface area contributed by atoms with E-state index in [-0.39, 0.29) is 50.4 Å². The van der Waals surface area contributed by atoms with Crippen LogP contribution in [0.1, 0.15) is 24.0 Å². The fourth-order valence-electron chi connectivity index (χ4n) is 8.01. The molecule has 0 radical (unpaired) electrons. The molecule has 0 aromatic heterocycles. The van der Waals surface area contributed by atoms with E-state index in [1.54, 1.807) is 19.1 Å². The molecule has 0 bridgehead atoms. The first kappa shape index (κ1) is 37.6. The summed E-state index contributed by atoms with van der Waals surface area (Å²) in [6.45, 7) is 1.73. The van der Waals surface area contributed by atoms with Gasteiger partial charge in [0, 0.05) is 10.9 Å². The van der Waals surface area contributed by atoms with E-state index in [2.05, 4.69) is 0 Å². The topological polar surface area (TPSA) is 113 Å². The number of aryl methyl sites for hydroxylation is 1. The minimum atomic E-state index is -2.70. The molecule has 0 spiro atoms. The van der Waals surface area contributed by atoms with E-state index in [0.717, 1.165) is 4.90 Å². The molecule has 3 fully saturated rings. The first-order chi connectivity index (χ1) is 25.4. The molecule has 3 aromatic rings. The number of allylic oxidation sites excluding steroid dienone is 3. The molecule has 9 nitrogen and oxygen atoms in total. The molecule has 3 aromatic carbocycles. The standard InChI is InChI=1S/C37H26Cl3F5N2O7/c1-14-4-6-16(12-21(14)38)46-32(49)18-8-7-17-19(24(18)33(46)50)13-36(39)34(51)47(30-28(44)26(42)25(41)27(43)29(30)45)35(52)37(36,40)20(17)9-5-15-10-22(53-2)31(48)23(11-15)54-3/h4-7,9-12,18-20,24,48H,8,13H2,1-3H3. The monoisotopic (exact) mass is 810 g/mol. The van der Waals surface area contributed by atoms with Gasteiger partial charge in [-0.3, -0.25) is 19.2 Å². The molecule has 6 atom stereocenters. The fraction of sp³-hybridized carbons (Fsp3) is 0.297. The maximum Gasteiger partial charge on any atom is 0.258 e. The van der Waals surface area contributed by atoms with Gasteiger partial charge in [-0.25, -0.2) is 31.8 Å². The SMILES string of the molecule is COc1cc(C=CC2C3=CCC4C(=O)N(c5ccc(C)c(Cl)c5)C(=O)C4C3CC3(Cl)C(=O)N(c4c(F)c(F)c(F)c(F)c4F)C(=O)C23Cl)cc(OC)c1O. The third-order valence-corrected chi connectivity index (χ3v) is 12.5. The number of alkyl halides is 2. The fourth-order valence-corrected chi connectivity index (χ4v) is 9.07. The number of carbonyl (C=O) groups excluding carboxylic acids is 4. The zero-order chi connectivity index (χ0) is 39.3. The number of nitrogens with zero attached hydrogens (tertiary/aromatic N) is 2. The predicted octanol–water partition coefficient (Wildman–Crippen LogP) is 7.38. The molecular formula is C37H26Cl3F5N2O7. The molecule has 1 saturated carbocycles. The molecule has 1 N–H and O–H groups in total. The number of imide groups is 2. The van der Waals surface area contributed by atoms with Crippen LogP contribution in [0.5, 0.6) is 17.2 Å². The van der Waals surface area contributed by atoms with Gasteiger partial charge in [0.05, 0.1) is 31.7 Å². The second-order valence-electron chi connectivity index (χ2n) is 13.3. The maximum absolute atomic E-state index is 15.3. The van der Waals surface area contributed by atoms with Gasteiger partial charge >= 0.3 is 0 Å². The number of hydrogen-bond acceptors (Lipinski definition) is 7. The van der Waals surface area contributed by atoms with Crippen molar-refractivity contribution < 1.29 is 55.7 Å².